The van der Waals surface area contributed by atoms with E-state index in [1.165, 1.54) is 30.4 Å². The summed E-state index contributed by atoms with van der Waals surface area (Å²) in [7, 11) is 0. The van der Waals surface area contributed by atoms with Gasteiger partial charge in [0.15, 0.2) is 0 Å². The lowest BCUT2D eigenvalue weighted by atomic mass is 9.90. The third-order valence-corrected chi connectivity index (χ3v) is 5.54. The predicted molar refractivity (Wildman–Crippen MR) is 101 cm³/mol. The van der Waals surface area contributed by atoms with E-state index in [4.69, 9.17) is 5.10 Å². The second kappa shape index (κ2) is 7.42. The zero-order valence-corrected chi connectivity index (χ0v) is 14.9. The molecule has 0 unspecified atom stereocenters. The summed E-state index contributed by atoms with van der Waals surface area (Å²) in [6.45, 7) is 1.88. The predicted octanol–water partition coefficient (Wildman–Crippen LogP) is 3.22. The Morgan fingerprint density at radius 3 is 2.24 bits per heavy atom. The van der Waals surface area contributed by atoms with Crippen LogP contribution < -0.4 is 10.6 Å². The summed E-state index contributed by atoms with van der Waals surface area (Å²) >= 11 is 0. The molecule has 0 atom stereocenters. The molecule has 132 valence electrons. The lowest BCUT2D eigenvalue weighted by Gasteiger charge is -2.27. The number of fused-ring (bicyclic) bond motifs is 1. The Labute approximate surface area is 149 Å². The SMILES string of the molecule is O=c1c2c(c(Cc3ccccc3)nn1N1CCCCCC1)CCCC2. The maximum absolute atomic E-state index is 13.1. The summed E-state index contributed by atoms with van der Waals surface area (Å²) in [5.41, 5.74) is 4.75. The molecule has 0 amide bonds. The molecule has 0 N–H and O–H groups in total. The maximum atomic E-state index is 13.1. The van der Waals surface area contributed by atoms with Crippen LogP contribution in [0.3, 0.4) is 0 Å². The van der Waals surface area contributed by atoms with Crippen LogP contribution in [0.4, 0.5) is 0 Å². The largest absolute Gasteiger partial charge is 0.293 e. The summed E-state index contributed by atoms with van der Waals surface area (Å²) in [5, 5.41) is 7.06. The maximum Gasteiger partial charge on any atom is 0.289 e. The normalized spacial score (nSPS) is 17.8. The Morgan fingerprint density at radius 2 is 1.52 bits per heavy atom. The van der Waals surface area contributed by atoms with Crippen molar-refractivity contribution in [3.63, 3.8) is 0 Å². The topological polar surface area (TPSA) is 38.1 Å². The minimum atomic E-state index is 0.133. The van der Waals surface area contributed by atoms with Gasteiger partial charge in [0.1, 0.15) is 0 Å². The number of hydrogen-bond acceptors (Lipinski definition) is 3. The Morgan fingerprint density at radius 1 is 0.840 bits per heavy atom. The minimum Gasteiger partial charge on any atom is -0.293 e. The first-order valence-electron chi connectivity index (χ1n) is 9.76. The monoisotopic (exact) mass is 337 g/mol. The van der Waals surface area contributed by atoms with E-state index in [1.54, 1.807) is 4.79 Å². The molecule has 1 aromatic heterocycles. The summed E-state index contributed by atoms with van der Waals surface area (Å²) in [4.78, 5) is 14.8. The summed E-state index contributed by atoms with van der Waals surface area (Å²) in [6, 6.07) is 10.5. The van der Waals surface area contributed by atoms with Gasteiger partial charge in [-0.15, -0.1) is 4.79 Å². The van der Waals surface area contributed by atoms with Crippen LogP contribution in [0.2, 0.25) is 0 Å². The third kappa shape index (κ3) is 3.48. The molecule has 0 saturated carbocycles. The van der Waals surface area contributed by atoms with Gasteiger partial charge in [0, 0.05) is 25.1 Å². The quantitative estimate of drug-likeness (QED) is 0.863. The lowest BCUT2D eigenvalue weighted by molar-refractivity contribution is 0.488. The van der Waals surface area contributed by atoms with Crippen molar-refractivity contribution >= 4 is 0 Å². The van der Waals surface area contributed by atoms with Crippen molar-refractivity contribution in [3.05, 3.63) is 63.1 Å². The van der Waals surface area contributed by atoms with E-state index in [0.29, 0.717) is 0 Å². The van der Waals surface area contributed by atoms with Crippen LogP contribution in [-0.4, -0.2) is 23.0 Å². The van der Waals surface area contributed by atoms with Crippen molar-refractivity contribution in [3.8, 4) is 0 Å². The molecule has 1 aliphatic heterocycles. The van der Waals surface area contributed by atoms with Crippen molar-refractivity contribution < 1.29 is 0 Å². The van der Waals surface area contributed by atoms with Gasteiger partial charge in [-0.3, -0.25) is 9.80 Å². The van der Waals surface area contributed by atoms with Gasteiger partial charge in [0.25, 0.3) is 5.56 Å². The van der Waals surface area contributed by atoms with Crippen LogP contribution in [-0.2, 0) is 19.3 Å². The molecular weight excluding hydrogens is 310 g/mol. The molecule has 2 heterocycles. The molecule has 2 aliphatic rings. The average Bonchev–Trinajstić information content (AvgIpc) is 2.94. The smallest absolute Gasteiger partial charge is 0.289 e. The van der Waals surface area contributed by atoms with E-state index < -0.39 is 0 Å². The molecule has 25 heavy (non-hydrogen) atoms. The highest BCUT2D eigenvalue weighted by atomic mass is 16.1. The van der Waals surface area contributed by atoms with Gasteiger partial charge < -0.3 is 0 Å². The number of hydrogen-bond donors (Lipinski definition) is 0. The second-order valence-electron chi connectivity index (χ2n) is 7.34. The number of nitrogens with zero attached hydrogens (tertiary/aromatic N) is 3. The standard InChI is InChI=1S/C21H27N3O/c25-21-19-13-7-6-12-18(19)20(16-17-10-4-3-5-11-17)22-24(21)23-14-8-1-2-9-15-23/h3-5,10-11H,1-2,6-9,12-16H2. The lowest BCUT2D eigenvalue weighted by Crippen LogP contribution is -2.47. The molecule has 1 aromatic carbocycles. The van der Waals surface area contributed by atoms with E-state index in [9.17, 15) is 4.79 Å². The molecule has 0 bridgehead atoms. The highest BCUT2D eigenvalue weighted by Gasteiger charge is 2.23. The van der Waals surface area contributed by atoms with Crippen LogP contribution in [0.1, 0.15) is 60.9 Å². The Balaban J connectivity index is 1.76. The van der Waals surface area contributed by atoms with Crippen LogP contribution in [0.25, 0.3) is 0 Å². The Kier molecular flexibility index (Phi) is 4.86. The number of rotatable bonds is 3. The fourth-order valence-electron chi connectivity index (χ4n) is 4.17. The van der Waals surface area contributed by atoms with Gasteiger partial charge in [-0.2, -0.15) is 5.10 Å². The molecule has 0 radical (unpaired) electrons. The van der Waals surface area contributed by atoms with E-state index >= 15 is 0 Å². The average molecular weight is 337 g/mol. The zero-order chi connectivity index (χ0) is 17.1. The molecule has 4 nitrogen and oxygen atoms in total. The van der Waals surface area contributed by atoms with Crippen LogP contribution >= 0.6 is 0 Å². The summed E-state index contributed by atoms with van der Waals surface area (Å²) < 4.78 is 0. The van der Waals surface area contributed by atoms with Gasteiger partial charge in [0.2, 0.25) is 0 Å². The third-order valence-electron chi connectivity index (χ3n) is 5.54. The van der Waals surface area contributed by atoms with Crippen molar-refractivity contribution in [2.45, 2.75) is 57.8 Å². The van der Waals surface area contributed by atoms with E-state index in [-0.39, 0.29) is 5.56 Å². The second-order valence-corrected chi connectivity index (χ2v) is 7.34. The Bertz CT molecular complexity index is 774. The van der Waals surface area contributed by atoms with Crippen molar-refractivity contribution in [2.24, 2.45) is 0 Å². The van der Waals surface area contributed by atoms with Crippen molar-refractivity contribution in [1.82, 2.24) is 9.89 Å². The highest BCUT2D eigenvalue weighted by molar-refractivity contribution is 5.34. The van der Waals surface area contributed by atoms with E-state index in [0.717, 1.165) is 62.9 Å². The Hall–Kier alpha value is -2.10. The molecule has 1 saturated heterocycles. The number of benzene rings is 1. The van der Waals surface area contributed by atoms with Gasteiger partial charge in [-0.1, -0.05) is 43.2 Å². The molecule has 1 aliphatic carbocycles. The van der Waals surface area contributed by atoms with Crippen LogP contribution in [0.5, 0.6) is 0 Å². The first-order valence-corrected chi connectivity index (χ1v) is 9.76. The van der Waals surface area contributed by atoms with E-state index in [1.807, 2.05) is 6.07 Å². The van der Waals surface area contributed by atoms with Crippen molar-refractivity contribution in [1.29, 1.82) is 0 Å². The van der Waals surface area contributed by atoms with Crippen LogP contribution in [0.15, 0.2) is 35.1 Å². The molecule has 4 heteroatoms. The first-order chi connectivity index (χ1) is 12.3. The summed E-state index contributed by atoms with van der Waals surface area (Å²) in [6.07, 6.45) is 9.84. The molecule has 0 spiro atoms. The first kappa shape index (κ1) is 16.4. The van der Waals surface area contributed by atoms with Crippen molar-refractivity contribution in [2.75, 3.05) is 18.1 Å². The van der Waals surface area contributed by atoms with Gasteiger partial charge in [-0.05, 0) is 49.7 Å². The molecule has 2 aromatic rings. The van der Waals surface area contributed by atoms with Crippen LogP contribution in [0, 0.1) is 0 Å². The van der Waals surface area contributed by atoms with Gasteiger partial charge >= 0.3 is 0 Å². The minimum absolute atomic E-state index is 0.133. The summed E-state index contributed by atoms with van der Waals surface area (Å²) in [5.74, 6) is 0. The molecule has 4 rings (SSSR count). The molecular formula is C21H27N3O. The fraction of sp³-hybridized carbons (Fsp3) is 0.524. The number of aromatic nitrogens is 2. The molecule has 1 fully saturated rings. The highest BCUT2D eigenvalue weighted by Crippen LogP contribution is 2.23. The van der Waals surface area contributed by atoms with E-state index in [2.05, 4.69) is 29.3 Å². The van der Waals surface area contributed by atoms with Gasteiger partial charge in [0.05, 0.1) is 5.69 Å². The zero-order valence-electron chi connectivity index (χ0n) is 14.9. The fourth-order valence-corrected chi connectivity index (χ4v) is 4.17. The van der Waals surface area contributed by atoms with Gasteiger partial charge in [-0.25, -0.2) is 0 Å².